The number of ether oxygens (including phenoxy) is 1. The Bertz CT molecular complexity index is 829. The number of nitrogens with one attached hydrogen (secondary N) is 1. The van der Waals surface area contributed by atoms with Gasteiger partial charge in [0, 0.05) is 13.1 Å². The van der Waals surface area contributed by atoms with Gasteiger partial charge in [0.25, 0.3) is 0 Å². The summed E-state index contributed by atoms with van der Waals surface area (Å²) in [5.41, 5.74) is 0.959. The van der Waals surface area contributed by atoms with Crippen LogP contribution < -0.4 is 10.1 Å². The topological polar surface area (TPSA) is 41.6 Å². The maximum atomic E-state index is 12.7. The number of likely N-dealkylation sites (tertiary alicyclic amines) is 1. The van der Waals surface area contributed by atoms with E-state index in [1.807, 2.05) is 31.2 Å². The zero-order chi connectivity index (χ0) is 21.6. The quantitative estimate of drug-likeness (QED) is 0.625. The van der Waals surface area contributed by atoms with E-state index in [2.05, 4.69) is 5.32 Å². The number of hydrogen-bond acceptors (Lipinski definition) is 2. The number of aryl methyl sites for hydroxylation is 1. The summed E-state index contributed by atoms with van der Waals surface area (Å²) in [7, 11) is 0. The summed E-state index contributed by atoms with van der Waals surface area (Å²) in [6.07, 6.45) is -0.859. The van der Waals surface area contributed by atoms with Crippen LogP contribution in [0.5, 0.6) is 5.75 Å². The molecule has 2 aromatic carbocycles. The highest BCUT2D eigenvalue weighted by Gasteiger charge is 2.30. The number of para-hydroxylation sites is 2. The predicted octanol–water partition coefficient (Wildman–Crippen LogP) is 5.98. The number of hydrogen-bond donors (Lipinski definition) is 1. The normalized spacial score (nSPS) is 15.1. The molecule has 4 nitrogen and oxygen atoms in total. The SMILES string of the molecule is CCOc1ccccc1NC(=O)N1CCC(CCc2ccc(C(F)(F)F)cc2)CC1. The molecule has 1 fully saturated rings. The van der Waals surface area contributed by atoms with Gasteiger partial charge in [0.15, 0.2) is 0 Å². The molecule has 0 radical (unpaired) electrons. The maximum absolute atomic E-state index is 12.7. The van der Waals surface area contributed by atoms with Crippen LogP contribution in [0.4, 0.5) is 23.7 Å². The number of carbonyl (C=O) groups excluding carboxylic acids is 1. The second kappa shape index (κ2) is 9.87. The van der Waals surface area contributed by atoms with Gasteiger partial charge in [0.1, 0.15) is 5.75 Å². The molecule has 2 aromatic rings. The van der Waals surface area contributed by atoms with Crippen LogP contribution in [-0.2, 0) is 12.6 Å². The number of piperidine rings is 1. The molecule has 0 saturated carbocycles. The van der Waals surface area contributed by atoms with Crippen molar-refractivity contribution >= 4 is 11.7 Å². The lowest BCUT2D eigenvalue weighted by Gasteiger charge is -2.32. The monoisotopic (exact) mass is 420 g/mol. The molecule has 1 aliphatic rings. The first-order valence-corrected chi connectivity index (χ1v) is 10.3. The van der Waals surface area contributed by atoms with Crippen molar-refractivity contribution in [2.45, 2.75) is 38.8 Å². The lowest BCUT2D eigenvalue weighted by molar-refractivity contribution is -0.137. The van der Waals surface area contributed by atoms with E-state index >= 15 is 0 Å². The molecule has 1 N–H and O–H groups in total. The number of nitrogens with zero attached hydrogens (tertiary/aromatic N) is 1. The predicted molar refractivity (Wildman–Crippen MR) is 111 cm³/mol. The molecule has 1 saturated heterocycles. The lowest BCUT2D eigenvalue weighted by Crippen LogP contribution is -2.41. The number of amides is 2. The molecule has 0 aliphatic carbocycles. The van der Waals surface area contributed by atoms with E-state index in [9.17, 15) is 18.0 Å². The molecule has 30 heavy (non-hydrogen) atoms. The van der Waals surface area contributed by atoms with Crippen molar-refractivity contribution in [1.29, 1.82) is 0 Å². The molecule has 0 atom stereocenters. The number of rotatable bonds is 6. The van der Waals surface area contributed by atoms with E-state index in [4.69, 9.17) is 4.74 Å². The maximum Gasteiger partial charge on any atom is 0.416 e. The smallest absolute Gasteiger partial charge is 0.416 e. The number of alkyl halides is 3. The van der Waals surface area contributed by atoms with Crippen LogP contribution in [0.15, 0.2) is 48.5 Å². The zero-order valence-corrected chi connectivity index (χ0v) is 17.0. The Kier molecular flexibility index (Phi) is 7.24. The Hall–Kier alpha value is -2.70. The second-order valence-electron chi connectivity index (χ2n) is 7.52. The fourth-order valence-corrected chi connectivity index (χ4v) is 3.70. The molecule has 1 aliphatic heterocycles. The van der Waals surface area contributed by atoms with E-state index in [0.29, 0.717) is 37.1 Å². The van der Waals surface area contributed by atoms with Gasteiger partial charge < -0.3 is 15.0 Å². The first kappa shape index (κ1) is 22.0. The number of halogens is 3. The van der Waals surface area contributed by atoms with E-state index in [1.54, 1.807) is 17.0 Å². The Morgan fingerprint density at radius 2 is 1.77 bits per heavy atom. The third-order valence-corrected chi connectivity index (χ3v) is 5.45. The Morgan fingerprint density at radius 3 is 2.40 bits per heavy atom. The average Bonchev–Trinajstić information content (AvgIpc) is 2.74. The number of anilines is 1. The van der Waals surface area contributed by atoms with Crippen molar-refractivity contribution in [2.24, 2.45) is 5.92 Å². The molecule has 1 heterocycles. The van der Waals surface area contributed by atoms with Gasteiger partial charge >= 0.3 is 12.2 Å². The Labute approximate surface area is 175 Å². The third kappa shape index (κ3) is 5.90. The molecular formula is C23H27F3N2O2. The third-order valence-electron chi connectivity index (χ3n) is 5.45. The first-order valence-electron chi connectivity index (χ1n) is 10.3. The van der Waals surface area contributed by atoms with Crippen LogP contribution in [0.25, 0.3) is 0 Å². The summed E-state index contributed by atoms with van der Waals surface area (Å²) >= 11 is 0. The molecule has 0 bridgehead atoms. The van der Waals surface area contributed by atoms with Gasteiger partial charge in [-0.15, -0.1) is 0 Å². The van der Waals surface area contributed by atoms with Crippen molar-refractivity contribution in [3.8, 4) is 5.75 Å². The van der Waals surface area contributed by atoms with E-state index in [1.165, 1.54) is 0 Å². The zero-order valence-electron chi connectivity index (χ0n) is 17.0. The summed E-state index contributed by atoms with van der Waals surface area (Å²) in [5, 5.41) is 2.93. The number of urea groups is 1. The first-order chi connectivity index (χ1) is 14.4. The van der Waals surface area contributed by atoms with Gasteiger partial charge in [0.2, 0.25) is 0 Å². The minimum Gasteiger partial charge on any atom is -0.492 e. The van der Waals surface area contributed by atoms with E-state index < -0.39 is 11.7 Å². The molecule has 0 unspecified atom stereocenters. The summed E-state index contributed by atoms with van der Waals surface area (Å²) in [5.74, 6) is 1.12. The fraction of sp³-hybridized carbons (Fsp3) is 0.435. The molecular weight excluding hydrogens is 393 g/mol. The Balaban J connectivity index is 1.45. The standard InChI is InChI=1S/C23H27F3N2O2/c1-2-30-21-6-4-3-5-20(21)27-22(29)28-15-13-18(14-16-28)8-7-17-9-11-19(12-10-17)23(24,25)26/h3-6,9-12,18H,2,7-8,13-16H2,1H3,(H,27,29). The van der Waals surface area contributed by atoms with Gasteiger partial charge in [-0.3, -0.25) is 0 Å². The summed E-state index contributed by atoms with van der Waals surface area (Å²) in [6.45, 7) is 3.76. The van der Waals surface area contributed by atoms with Crippen molar-refractivity contribution in [1.82, 2.24) is 4.90 Å². The van der Waals surface area contributed by atoms with Gasteiger partial charge in [0.05, 0.1) is 17.9 Å². The van der Waals surface area contributed by atoms with Crippen LogP contribution >= 0.6 is 0 Å². The highest BCUT2D eigenvalue weighted by molar-refractivity contribution is 5.91. The molecule has 0 aromatic heterocycles. The van der Waals surface area contributed by atoms with Gasteiger partial charge in [-0.25, -0.2) is 4.79 Å². The molecule has 2 amide bonds. The fourth-order valence-electron chi connectivity index (χ4n) is 3.70. The van der Waals surface area contributed by atoms with Crippen LogP contribution in [0, 0.1) is 5.92 Å². The molecule has 0 spiro atoms. The highest BCUT2D eigenvalue weighted by atomic mass is 19.4. The molecule has 162 valence electrons. The summed E-state index contributed by atoms with van der Waals surface area (Å²) in [4.78, 5) is 14.4. The molecule has 3 rings (SSSR count). The van der Waals surface area contributed by atoms with Gasteiger partial charge in [-0.2, -0.15) is 13.2 Å². The van der Waals surface area contributed by atoms with Gasteiger partial charge in [-0.05, 0) is 68.4 Å². The van der Waals surface area contributed by atoms with Crippen LogP contribution in [0.2, 0.25) is 0 Å². The van der Waals surface area contributed by atoms with Crippen LogP contribution in [0.3, 0.4) is 0 Å². The largest absolute Gasteiger partial charge is 0.492 e. The summed E-state index contributed by atoms with van der Waals surface area (Å²) < 4.78 is 43.5. The van der Waals surface area contributed by atoms with Gasteiger partial charge in [-0.1, -0.05) is 24.3 Å². The average molecular weight is 420 g/mol. The van der Waals surface area contributed by atoms with Crippen molar-refractivity contribution < 1.29 is 22.7 Å². The molecule has 7 heteroatoms. The summed E-state index contributed by atoms with van der Waals surface area (Å²) in [6, 6.07) is 12.6. The van der Waals surface area contributed by atoms with Crippen LogP contribution in [-0.4, -0.2) is 30.6 Å². The van der Waals surface area contributed by atoms with Crippen molar-refractivity contribution in [3.05, 3.63) is 59.7 Å². The lowest BCUT2D eigenvalue weighted by atomic mass is 9.90. The minimum atomic E-state index is -4.30. The van der Waals surface area contributed by atoms with Crippen molar-refractivity contribution in [3.63, 3.8) is 0 Å². The van der Waals surface area contributed by atoms with Crippen molar-refractivity contribution in [2.75, 3.05) is 25.0 Å². The number of benzene rings is 2. The second-order valence-corrected chi connectivity index (χ2v) is 7.52. The van der Waals surface area contributed by atoms with E-state index in [0.717, 1.165) is 43.4 Å². The number of carbonyl (C=O) groups is 1. The Morgan fingerprint density at radius 1 is 1.10 bits per heavy atom. The van der Waals surface area contributed by atoms with E-state index in [-0.39, 0.29) is 6.03 Å². The minimum absolute atomic E-state index is 0.136. The van der Waals surface area contributed by atoms with Crippen LogP contribution in [0.1, 0.15) is 37.3 Å². The highest BCUT2D eigenvalue weighted by Crippen LogP contribution is 2.30.